The molecule has 0 heterocycles. The van der Waals surface area contributed by atoms with E-state index in [2.05, 4.69) is 0 Å². The topological polar surface area (TPSA) is 44.5 Å². The number of hydrogen-bond acceptors (Lipinski definition) is 3. The van der Waals surface area contributed by atoms with E-state index >= 15 is 0 Å². The standard InChI is InChI=1S/C13H11Cl2NO2/c1-17-8-3-5-13(12(16)7-8)18-9-2-4-10(14)11(15)6-9/h2-7H,16H2,1H3. The molecule has 0 atom stereocenters. The van der Waals surface area contributed by atoms with Crippen molar-refractivity contribution in [3.05, 3.63) is 46.4 Å². The molecule has 2 N–H and O–H groups in total. The SMILES string of the molecule is COc1ccc(Oc2ccc(Cl)c(Cl)c2)c(N)c1. The number of methoxy groups -OCH3 is 1. The van der Waals surface area contributed by atoms with Crippen LogP contribution >= 0.6 is 23.2 Å². The second kappa shape index (κ2) is 5.38. The number of ether oxygens (including phenoxy) is 2. The molecule has 0 bridgehead atoms. The molecule has 94 valence electrons. The van der Waals surface area contributed by atoms with E-state index in [9.17, 15) is 0 Å². The van der Waals surface area contributed by atoms with Crippen molar-refractivity contribution in [2.45, 2.75) is 0 Å². The van der Waals surface area contributed by atoms with E-state index < -0.39 is 0 Å². The molecule has 0 radical (unpaired) electrons. The molecule has 3 nitrogen and oxygen atoms in total. The van der Waals surface area contributed by atoms with Gasteiger partial charge in [0.15, 0.2) is 5.75 Å². The summed E-state index contributed by atoms with van der Waals surface area (Å²) in [7, 11) is 1.58. The monoisotopic (exact) mass is 283 g/mol. The zero-order chi connectivity index (χ0) is 13.1. The van der Waals surface area contributed by atoms with Crippen LogP contribution in [0.25, 0.3) is 0 Å². The van der Waals surface area contributed by atoms with E-state index in [-0.39, 0.29) is 0 Å². The summed E-state index contributed by atoms with van der Waals surface area (Å²) in [6, 6.07) is 10.2. The van der Waals surface area contributed by atoms with Crippen LogP contribution < -0.4 is 15.2 Å². The molecular weight excluding hydrogens is 273 g/mol. The molecule has 0 fully saturated rings. The first-order chi connectivity index (χ1) is 8.60. The predicted molar refractivity (Wildman–Crippen MR) is 73.9 cm³/mol. The van der Waals surface area contributed by atoms with Gasteiger partial charge in [-0.3, -0.25) is 0 Å². The lowest BCUT2D eigenvalue weighted by atomic mass is 10.2. The van der Waals surface area contributed by atoms with Crippen molar-refractivity contribution >= 4 is 28.9 Å². The van der Waals surface area contributed by atoms with Gasteiger partial charge in [0, 0.05) is 12.1 Å². The maximum absolute atomic E-state index is 5.90. The van der Waals surface area contributed by atoms with E-state index in [0.717, 1.165) is 0 Å². The molecule has 0 aromatic heterocycles. The van der Waals surface area contributed by atoms with Crippen LogP contribution in [0.1, 0.15) is 0 Å². The fourth-order valence-electron chi connectivity index (χ4n) is 1.41. The lowest BCUT2D eigenvalue weighted by Crippen LogP contribution is -1.93. The first-order valence-electron chi connectivity index (χ1n) is 5.16. The van der Waals surface area contributed by atoms with E-state index in [0.29, 0.717) is 33.0 Å². The highest BCUT2D eigenvalue weighted by molar-refractivity contribution is 6.42. The molecule has 0 unspecified atom stereocenters. The summed E-state index contributed by atoms with van der Waals surface area (Å²) in [5.74, 6) is 1.78. The zero-order valence-corrected chi connectivity index (χ0v) is 11.1. The Balaban J connectivity index is 2.25. The van der Waals surface area contributed by atoms with Gasteiger partial charge in [-0.25, -0.2) is 0 Å². The quantitative estimate of drug-likeness (QED) is 0.851. The van der Waals surface area contributed by atoms with Crippen molar-refractivity contribution in [3.8, 4) is 17.2 Å². The Labute approximate surface area is 115 Å². The number of nitrogens with two attached hydrogens (primary N) is 1. The van der Waals surface area contributed by atoms with Gasteiger partial charge in [-0.05, 0) is 24.3 Å². The molecule has 2 aromatic carbocycles. The summed E-state index contributed by atoms with van der Waals surface area (Å²) in [6.45, 7) is 0. The van der Waals surface area contributed by atoms with Crippen LogP contribution in [0, 0.1) is 0 Å². The fourth-order valence-corrected chi connectivity index (χ4v) is 1.70. The van der Waals surface area contributed by atoms with Crippen molar-refractivity contribution in [1.29, 1.82) is 0 Å². The van der Waals surface area contributed by atoms with Gasteiger partial charge in [0.05, 0.1) is 22.8 Å². The third-order valence-corrected chi connectivity index (χ3v) is 3.07. The highest BCUT2D eigenvalue weighted by Gasteiger charge is 2.05. The summed E-state index contributed by atoms with van der Waals surface area (Å²) in [4.78, 5) is 0. The van der Waals surface area contributed by atoms with Gasteiger partial charge in [0.1, 0.15) is 11.5 Å². The van der Waals surface area contributed by atoms with E-state index in [1.165, 1.54) is 0 Å². The molecule has 0 aliphatic carbocycles. The molecule has 0 amide bonds. The molecule has 2 aromatic rings. The van der Waals surface area contributed by atoms with E-state index in [1.807, 2.05) is 0 Å². The number of rotatable bonds is 3. The molecule has 18 heavy (non-hydrogen) atoms. The molecule has 0 spiro atoms. The summed E-state index contributed by atoms with van der Waals surface area (Å²) in [5.41, 5.74) is 6.34. The van der Waals surface area contributed by atoms with Crippen LogP contribution in [-0.4, -0.2) is 7.11 Å². The highest BCUT2D eigenvalue weighted by Crippen LogP contribution is 2.33. The first-order valence-corrected chi connectivity index (χ1v) is 5.92. The average molecular weight is 284 g/mol. The summed E-state index contributed by atoms with van der Waals surface area (Å²) < 4.78 is 10.7. The van der Waals surface area contributed by atoms with Gasteiger partial charge in [0.25, 0.3) is 0 Å². The molecule has 2 rings (SSSR count). The number of benzene rings is 2. The Morgan fingerprint density at radius 3 is 2.28 bits per heavy atom. The lowest BCUT2D eigenvalue weighted by Gasteiger charge is -2.10. The minimum atomic E-state index is 0.432. The van der Waals surface area contributed by atoms with Crippen LogP contribution in [0.3, 0.4) is 0 Å². The van der Waals surface area contributed by atoms with Crippen molar-refractivity contribution in [2.75, 3.05) is 12.8 Å². The first kappa shape index (κ1) is 12.9. The maximum Gasteiger partial charge on any atom is 0.150 e. The smallest absolute Gasteiger partial charge is 0.150 e. The molecule has 0 aliphatic rings. The third-order valence-electron chi connectivity index (χ3n) is 2.34. The molecule has 5 heteroatoms. The summed E-state index contributed by atoms with van der Waals surface area (Å²) >= 11 is 11.7. The Morgan fingerprint density at radius 2 is 1.67 bits per heavy atom. The van der Waals surface area contributed by atoms with Gasteiger partial charge < -0.3 is 15.2 Å². The van der Waals surface area contributed by atoms with Crippen molar-refractivity contribution in [1.82, 2.24) is 0 Å². The Bertz CT molecular complexity index is 573. The summed E-state index contributed by atoms with van der Waals surface area (Å²) in [5, 5.41) is 0.910. The minimum absolute atomic E-state index is 0.432. The fraction of sp³-hybridized carbons (Fsp3) is 0.0769. The second-order valence-corrected chi connectivity index (χ2v) is 4.40. The molecule has 0 aliphatic heterocycles. The minimum Gasteiger partial charge on any atom is -0.497 e. The number of hydrogen-bond donors (Lipinski definition) is 1. The number of nitrogen functional groups attached to an aromatic ring is 1. The maximum atomic E-state index is 5.90. The number of halogens is 2. The second-order valence-electron chi connectivity index (χ2n) is 3.58. The van der Waals surface area contributed by atoms with Gasteiger partial charge in [-0.15, -0.1) is 0 Å². The van der Waals surface area contributed by atoms with Crippen molar-refractivity contribution in [3.63, 3.8) is 0 Å². The largest absolute Gasteiger partial charge is 0.497 e. The molecule has 0 saturated heterocycles. The van der Waals surface area contributed by atoms with Crippen LogP contribution in [-0.2, 0) is 0 Å². The van der Waals surface area contributed by atoms with Crippen LogP contribution in [0.2, 0.25) is 10.0 Å². The normalized spacial score (nSPS) is 10.2. The Kier molecular flexibility index (Phi) is 3.84. The van der Waals surface area contributed by atoms with Gasteiger partial charge >= 0.3 is 0 Å². The van der Waals surface area contributed by atoms with Gasteiger partial charge in [0.2, 0.25) is 0 Å². The van der Waals surface area contributed by atoms with Crippen LogP contribution in [0.4, 0.5) is 5.69 Å². The highest BCUT2D eigenvalue weighted by atomic mass is 35.5. The number of anilines is 1. The molecule has 0 saturated carbocycles. The van der Waals surface area contributed by atoms with Crippen LogP contribution in [0.5, 0.6) is 17.2 Å². The van der Waals surface area contributed by atoms with Crippen molar-refractivity contribution < 1.29 is 9.47 Å². The van der Waals surface area contributed by atoms with Gasteiger partial charge in [-0.1, -0.05) is 23.2 Å². The Hall–Kier alpha value is -1.58. The molecular formula is C13H11Cl2NO2. The Morgan fingerprint density at radius 1 is 0.944 bits per heavy atom. The van der Waals surface area contributed by atoms with Crippen LogP contribution in [0.15, 0.2) is 36.4 Å². The van der Waals surface area contributed by atoms with E-state index in [1.54, 1.807) is 43.5 Å². The van der Waals surface area contributed by atoms with Gasteiger partial charge in [-0.2, -0.15) is 0 Å². The average Bonchev–Trinajstić information content (AvgIpc) is 2.36. The zero-order valence-electron chi connectivity index (χ0n) is 9.61. The van der Waals surface area contributed by atoms with E-state index in [4.69, 9.17) is 38.4 Å². The summed E-state index contributed by atoms with van der Waals surface area (Å²) in [6.07, 6.45) is 0. The lowest BCUT2D eigenvalue weighted by molar-refractivity contribution is 0.413. The third kappa shape index (κ3) is 2.81. The predicted octanol–water partition coefficient (Wildman–Crippen LogP) is 4.38. The van der Waals surface area contributed by atoms with Crippen molar-refractivity contribution in [2.24, 2.45) is 0 Å².